The maximum absolute atomic E-state index is 12.7. The van der Waals surface area contributed by atoms with Crippen LogP contribution in [0.4, 0.5) is 5.82 Å². The van der Waals surface area contributed by atoms with Gasteiger partial charge in [-0.3, -0.25) is 9.69 Å². The van der Waals surface area contributed by atoms with Gasteiger partial charge in [0.15, 0.2) is 0 Å². The van der Waals surface area contributed by atoms with Gasteiger partial charge in [0.05, 0.1) is 11.3 Å². The lowest BCUT2D eigenvalue weighted by atomic mass is 10.0. The van der Waals surface area contributed by atoms with Crippen molar-refractivity contribution in [1.29, 1.82) is 0 Å². The molecule has 3 rings (SSSR count). The molecule has 152 valence electrons. The zero-order chi connectivity index (χ0) is 20.4. The van der Waals surface area contributed by atoms with Crippen LogP contribution >= 0.6 is 0 Å². The minimum atomic E-state index is -0.0183. The van der Waals surface area contributed by atoms with E-state index in [9.17, 15) is 4.79 Å². The number of aryl methyl sites for hydroxylation is 2. The van der Waals surface area contributed by atoms with Crippen LogP contribution < -0.4 is 5.32 Å². The summed E-state index contributed by atoms with van der Waals surface area (Å²) in [5.74, 6) is 1.56. The van der Waals surface area contributed by atoms with Gasteiger partial charge in [-0.1, -0.05) is 5.16 Å². The van der Waals surface area contributed by atoms with Gasteiger partial charge in [-0.25, -0.2) is 4.98 Å². The maximum Gasteiger partial charge on any atom is 0.257 e. The Morgan fingerprint density at radius 2 is 2.00 bits per heavy atom. The van der Waals surface area contributed by atoms with E-state index in [2.05, 4.69) is 29.2 Å². The third kappa shape index (κ3) is 4.35. The summed E-state index contributed by atoms with van der Waals surface area (Å²) in [5.41, 5.74) is 5.03. The van der Waals surface area contributed by atoms with Crippen LogP contribution in [0.1, 0.15) is 52.5 Å². The number of nitrogens with zero attached hydrogens (tertiary/aromatic N) is 4. The summed E-state index contributed by atoms with van der Waals surface area (Å²) < 4.78 is 5.31. The molecule has 0 radical (unpaired) electrons. The summed E-state index contributed by atoms with van der Waals surface area (Å²) >= 11 is 0. The minimum absolute atomic E-state index is 0.0183. The number of amides is 1. The van der Waals surface area contributed by atoms with E-state index in [0.29, 0.717) is 11.4 Å². The van der Waals surface area contributed by atoms with Gasteiger partial charge in [-0.2, -0.15) is 0 Å². The Bertz CT molecular complexity index is 837. The first kappa shape index (κ1) is 20.3. The number of hydrogen-bond donors (Lipinski definition) is 1. The highest BCUT2D eigenvalue weighted by atomic mass is 16.5. The highest BCUT2D eigenvalue weighted by molar-refractivity contribution is 5.98. The molecule has 1 N–H and O–H groups in total. The Balaban J connectivity index is 1.85. The third-order valence-corrected chi connectivity index (χ3v) is 5.18. The Morgan fingerprint density at radius 3 is 2.61 bits per heavy atom. The van der Waals surface area contributed by atoms with Crippen molar-refractivity contribution in [2.75, 3.05) is 32.5 Å². The maximum atomic E-state index is 12.7. The molecule has 0 spiro atoms. The van der Waals surface area contributed by atoms with Crippen LogP contribution in [-0.4, -0.2) is 59.1 Å². The zero-order valence-electron chi connectivity index (χ0n) is 17.8. The largest absolute Gasteiger partial charge is 0.367 e. The van der Waals surface area contributed by atoms with Crippen molar-refractivity contribution in [2.45, 2.75) is 53.1 Å². The summed E-state index contributed by atoms with van der Waals surface area (Å²) in [6.07, 6.45) is 1.74. The topological polar surface area (TPSA) is 74.5 Å². The number of hydrogen-bond acceptors (Lipinski definition) is 6. The molecule has 1 aliphatic heterocycles. The quantitative estimate of drug-likeness (QED) is 0.853. The van der Waals surface area contributed by atoms with E-state index in [1.54, 1.807) is 19.0 Å². The first-order valence-electron chi connectivity index (χ1n) is 9.91. The van der Waals surface area contributed by atoms with E-state index >= 15 is 0 Å². The monoisotopic (exact) mass is 385 g/mol. The van der Waals surface area contributed by atoms with Gasteiger partial charge in [0, 0.05) is 57.4 Å². The molecule has 0 aliphatic carbocycles. The van der Waals surface area contributed by atoms with Crippen LogP contribution in [-0.2, 0) is 19.4 Å². The van der Waals surface area contributed by atoms with Crippen molar-refractivity contribution in [3.8, 4) is 0 Å². The molecule has 0 aromatic carbocycles. The Hall–Kier alpha value is -2.41. The van der Waals surface area contributed by atoms with Crippen molar-refractivity contribution < 1.29 is 9.32 Å². The second-order valence-electron chi connectivity index (χ2n) is 8.07. The minimum Gasteiger partial charge on any atom is -0.367 e. The van der Waals surface area contributed by atoms with E-state index in [1.165, 1.54) is 11.1 Å². The molecule has 0 unspecified atom stereocenters. The molecule has 0 fully saturated rings. The number of nitrogens with one attached hydrogen (secondary N) is 1. The molecule has 7 heteroatoms. The lowest BCUT2D eigenvalue weighted by Gasteiger charge is -2.19. The number of anilines is 1. The number of aromatic nitrogens is 2. The molecule has 0 bridgehead atoms. The molecule has 1 amide bonds. The lowest BCUT2D eigenvalue weighted by molar-refractivity contribution is 0.0828. The zero-order valence-corrected chi connectivity index (χ0v) is 17.8. The van der Waals surface area contributed by atoms with E-state index in [1.807, 2.05) is 19.9 Å². The summed E-state index contributed by atoms with van der Waals surface area (Å²) in [5, 5.41) is 7.42. The summed E-state index contributed by atoms with van der Waals surface area (Å²) in [4.78, 5) is 21.6. The molecular formula is C21H31N5O2. The average Bonchev–Trinajstić information content (AvgIpc) is 2.83. The number of pyridine rings is 1. The fourth-order valence-electron chi connectivity index (χ4n) is 3.58. The molecule has 3 heterocycles. The van der Waals surface area contributed by atoms with E-state index in [4.69, 9.17) is 9.51 Å². The first-order valence-corrected chi connectivity index (χ1v) is 9.91. The van der Waals surface area contributed by atoms with Crippen LogP contribution in [0.5, 0.6) is 0 Å². The Kier molecular flexibility index (Phi) is 6.03. The van der Waals surface area contributed by atoms with Crippen LogP contribution in [0.15, 0.2) is 10.6 Å². The average molecular weight is 386 g/mol. The van der Waals surface area contributed by atoms with Gasteiger partial charge in [-0.15, -0.1) is 0 Å². The van der Waals surface area contributed by atoms with Crippen LogP contribution in [0.3, 0.4) is 0 Å². The summed E-state index contributed by atoms with van der Waals surface area (Å²) in [6.45, 7) is 10.7. The standard InChI is InChI=1S/C21H31N5O2/c1-13(2)22-20-17(21(27)25(5)6)11-16-7-9-26(10-8-19(16)23-20)12-18-14(3)24-28-15(18)4/h11,13H,7-10,12H2,1-6H3,(H,22,23). The van der Waals surface area contributed by atoms with E-state index in [0.717, 1.165) is 49.6 Å². The molecule has 2 aromatic heterocycles. The third-order valence-electron chi connectivity index (χ3n) is 5.18. The summed E-state index contributed by atoms with van der Waals surface area (Å²) in [7, 11) is 3.55. The van der Waals surface area contributed by atoms with Crippen molar-refractivity contribution in [1.82, 2.24) is 19.9 Å². The van der Waals surface area contributed by atoms with Crippen molar-refractivity contribution >= 4 is 11.7 Å². The fraction of sp³-hybridized carbons (Fsp3) is 0.571. The second-order valence-corrected chi connectivity index (χ2v) is 8.07. The number of fused-ring (bicyclic) bond motifs is 1. The predicted octanol–water partition coefficient (Wildman–Crippen LogP) is 2.81. The smallest absolute Gasteiger partial charge is 0.257 e. The SMILES string of the molecule is Cc1noc(C)c1CN1CCc2cc(C(=O)N(C)C)c(NC(C)C)nc2CC1. The van der Waals surface area contributed by atoms with Gasteiger partial charge in [0.1, 0.15) is 11.6 Å². The van der Waals surface area contributed by atoms with Crippen LogP contribution in [0.25, 0.3) is 0 Å². The molecule has 0 saturated carbocycles. The lowest BCUT2D eigenvalue weighted by Crippen LogP contribution is -2.26. The van der Waals surface area contributed by atoms with Gasteiger partial charge >= 0.3 is 0 Å². The highest BCUT2D eigenvalue weighted by Crippen LogP contribution is 2.24. The fourth-order valence-corrected chi connectivity index (χ4v) is 3.58. The van der Waals surface area contributed by atoms with E-state index in [-0.39, 0.29) is 11.9 Å². The molecule has 28 heavy (non-hydrogen) atoms. The van der Waals surface area contributed by atoms with Crippen molar-refractivity contribution in [3.63, 3.8) is 0 Å². The Morgan fingerprint density at radius 1 is 1.29 bits per heavy atom. The van der Waals surface area contributed by atoms with Gasteiger partial charge in [0.2, 0.25) is 0 Å². The second kappa shape index (κ2) is 8.31. The molecule has 0 saturated heterocycles. The normalized spacial score (nSPS) is 14.7. The molecule has 7 nitrogen and oxygen atoms in total. The molecular weight excluding hydrogens is 354 g/mol. The van der Waals surface area contributed by atoms with Crippen molar-refractivity contribution in [3.05, 3.63) is 39.9 Å². The molecule has 2 aromatic rings. The van der Waals surface area contributed by atoms with Crippen LogP contribution in [0.2, 0.25) is 0 Å². The number of rotatable bonds is 5. The van der Waals surface area contributed by atoms with Gasteiger partial charge < -0.3 is 14.7 Å². The van der Waals surface area contributed by atoms with Crippen molar-refractivity contribution in [2.24, 2.45) is 0 Å². The molecule has 1 aliphatic rings. The predicted molar refractivity (Wildman–Crippen MR) is 110 cm³/mol. The van der Waals surface area contributed by atoms with Crippen LogP contribution in [0, 0.1) is 13.8 Å². The molecule has 0 atom stereocenters. The first-order chi connectivity index (χ1) is 13.3. The highest BCUT2D eigenvalue weighted by Gasteiger charge is 2.23. The number of carbonyl (C=O) groups excluding carboxylic acids is 1. The number of carbonyl (C=O) groups is 1. The Labute approximate surface area is 167 Å². The van der Waals surface area contributed by atoms with Gasteiger partial charge in [-0.05, 0) is 45.7 Å². The van der Waals surface area contributed by atoms with E-state index < -0.39 is 0 Å². The van der Waals surface area contributed by atoms with Gasteiger partial charge in [0.25, 0.3) is 5.91 Å². The summed E-state index contributed by atoms with van der Waals surface area (Å²) in [6, 6.07) is 2.25.